The lowest BCUT2D eigenvalue weighted by atomic mass is 10.1. The van der Waals surface area contributed by atoms with Gasteiger partial charge in [-0.2, -0.15) is 0 Å². The molecule has 1 aliphatic heterocycles. The first-order chi connectivity index (χ1) is 8.20. The van der Waals surface area contributed by atoms with Crippen molar-refractivity contribution in [2.75, 3.05) is 26.3 Å². The first kappa shape index (κ1) is 15.7. The Morgan fingerprint density at radius 2 is 2.17 bits per heavy atom. The number of hydrogen-bond acceptors (Lipinski definition) is 3. The summed E-state index contributed by atoms with van der Waals surface area (Å²) in [4.78, 5) is 14.3. The molecule has 0 bridgehead atoms. The summed E-state index contributed by atoms with van der Waals surface area (Å²) in [5.41, 5.74) is 5.86. The Hall–Kier alpha value is -0.320. The van der Waals surface area contributed by atoms with Gasteiger partial charge >= 0.3 is 0 Å². The molecule has 2 fully saturated rings. The summed E-state index contributed by atoms with van der Waals surface area (Å²) in [7, 11) is 0. The first-order valence-corrected chi connectivity index (χ1v) is 6.82. The number of nitrogens with zero attached hydrogens (tertiary/aromatic N) is 1. The van der Waals surface area contributed by atoms with Gasteiger partial charge < -0.3 is 15.4 Å². The van der Waals surface area contributed by atoms with Crippen LogP contribution >= 0.6 is 12.4 Å². The smallest absolute Gasteiger partial charge is 0.225 e. The Morgan fingerprint density at radius 1 is 1.39 bits per heavy atom. The summed E-state index contributed by atoms with van der Waals surface area (Å²) >= 11 is 0. The van der Waals surface area contributed by atoms with Gasteiger partial charge in [0, 0.05) is 37.6 Å². The van der Waals surface area contributed by atoms with Gasteiger partial charge in [-0.25, -0.2) is 0 Å². The molecule has 18 heavy (non-hydrogen) atoms. The third-order valence-electron chi connectivity index (χ3n) is 3.98. The fraction of sp³-hybridized carbons (Fsp3) is 0.923. The van der Waals surface area contributed by atoms with E-state index < -0.39 is 0 Å². The fourth-order valence-corrected chi connectivity index (χ4v) is 2.95. The second kappa shape index (κ2) is 7.31. The van der Waals surface area contributed by atoms with E-state index in [2.05, 4.69) is 0 Å². The monoisotopic (exact) mass is 276 g/mol. The molecule has 0 radical (unpaired) electrons. The molecule has 2 aliphatic rings. The van der Waals surface area contributed by atoms with E-state index in [0.717, 1.165) is 52.0 Å². The van der Waals surface area contributed by atoms with Crippen molar-refractivity contribution >= 4 is 18.3 Å². The van der Waals surface area contributed by atoms with Gasteiger partial charge in [-0.15, -0.1) is 12.4 Å². The number of hydrogen-bond donors (Lipinski definition) is 1. The lowest BCUT2D eigenvalue weighted by Gasteiger charge is -2.20. The normalized spacial score (nSPS) is 31.4. The molecule has 1 saturated carbocycles. The largest absolute Gasteiger partial charge is 0.381 e. The Morgan fingerprint density at radius 3 is 2.78 bits per heavy atom. The van der Waals surface area contributed by atoms with Crippen molar-refractivity contribution in [1.29, 1.82) is 0 Å². The highest BCUT2D eigenvalue weighted by Gasteiger charge is 2.34. The average molecular weight is 277 g/mol. The number of ether oxygens (including phenoxy) is 1. The van der Waals surface area contributed by atoms with Gasteiger partial charge in [0.05, 0.1) is 6.61 Å². The summed E-state index contributed by atoms with van der Waals surface area (Å²) < 4.78 is 5.43. The summed E-state index contributed by atoms with van der Waals surface area (Å²) in [5.74, 6) is 1.06. The predicted octanol–water partition coefficient (Wildman–Crippen LogP) is 1.42. The topological polar surface area (TPSA) is 55.6 Å². The molecule has 3 unspecified atom stereocenters. The minimum atomic E-state index is 0. The van der Waals surface area contributed by atoms with Crippen LogP contribution in [0.25, 0.3) is 0 Å². The van der Waals surface area contributed by atoms with Crippen LogP contribution in [0.4, 0.5) is 0 Å². The summed E-state index contributed by atoms with van der Waals surface area (Å²) in [6.07, 6.45) is 3.95. The summed E-state index contributed by atoms with van der Waals surface area (Å²) in [6.45, 7) is 5.36. The zero-order valence-electron chi connectivity index (χ0n) is 11.1. The number of carbonyl (C=O) groups is 1. The highest BCUT2D eigenvalue weighted by molar-refractivity contribution is 5.85. The fourth-order valence-electron chi connectivity index (χ4n) is 2.95. The number of halogens is 1. The Kier molecular flexibility index (Phi) is 6.39. The molecule has 2 rings (SSSR count). The standard InChI is InChI=1S/C13H24N2O2.ClH/c1-2-17-9-10-5-6-15(8-10)13(16)11-3-4-12(14)7-11;/h10-12H,2-9,14H2,1H3;1H. The number of likely N-dealkylation sites (tertiary alicyclic amines) is 1. The second-order valence-electron chi connectivity index (χ2n) is 5.37. The van der Waals surface area contributed by atoms with E-state index in [9.17, 15) is 4.79 Å². The molecule has 0 aromatic carbocycles. The van der Waals surface area contributed by atoms with E-state index >= 15 is 0 Å². The van der Waals surface area contributed by atoms with E-state index in [1.165, 1.54) is 0 Å². The van der Waals surface area contributed by atoms with E-state index in [1.807, 2.05) is 11.8 Å². The van der Waals surface area contributed by atoms with Crippen molar-refractivity contribution in [3.63, 3.8) is 0 Å². The van der Waals surface area contributed by atoms with Crippen molar-refractivity contribution in [2.45, 2.75) is 38.6 Å². The van der Waals surface area contributed by atoms with Crippen LogP contribution in [0.3, 0.4) is 0 Å². The number of nitrogens with two attached hydrogens (primary N) is 1. The molecule has 3 atom stereocenters. The van der Waals surface area contributed by atoms with Gasteiger partial charge in [-0.05, 0) is 32.6 Å². The molecular formula is C13H25ClN2O2. The molecule has 5 heteroatoms. The van der Waals surface area contributed by atoms with Gasteiger partial charge in [0.1, 0.15) is 0 Å². The van der Waals surface area contributed by atoms with Crippen LogP contribution in [0.5, 0.6) is 0 Å². The highest BCUT2D eigenvalue weighted by atomic mass is 35.5. The molecule has 106 valence electrons. The maximum atomic E-state index is 12.2. The predicted molar refractivity (Wildman–Crippen MR) is 73.7 cm³/mol. The molecular weight excluding hydrogens is 252 g/mol. The van der Waals surface area contributed by atoms with E-state index in [4.69, 9.17) is 10.5 Å². The molecule has 2 N–H and O–H groups in total. The van der Waals surface area contributed by atoms with Crippen LogP contribution in [-0.2, 0) is 9.53 Å². The SMILES string of the molecule is CCOCC1CCN(C(=O)C2CCC(N)C2)C1.Cl. The van der Waals surface area contributed by atoms with Gasteiger partial charge in [0.15, 0.2) is 0 Å². The van der Waals surface area contributed by atoms with E-state index in [-0.39, 0.29) is 24.4 Å². The maximum absolute atomic E-state index is 12.2. The Labute approximate surface area is 116 Å². The van der Waals surface area contributed by atoms with Gasteiger partial charge in [-0.1, -0.05) is 0 Å². The summed E-state index contributed by atoms with van der Waals surface area (Å²) in [5, 5.41) is 0. The molecule has 4 nitrogen and oxygen atoms in total. The van der Waals surface area contributed by atoms with Crippen molar-refractivity contribution < 1.29 is 9.53 Å². The molecule has 0 aromatic heterocycles. The van der Waals surface area contributed by atoms with Crippen molar-refractivity contribution in [1.82, 2.24) is 4.90 Å². The number of rotatable bonds is 4. The lowest BCUT2D eigenvalue weighted by molar-refractivity contribution is -0.134. The van der Waals surface area contributed by atoms with Crippen LogP contribution in [0.2, 0.25) is 0 Å². The molecule has 1 amide bonds. The zero-order valence-corrected chi connectivity index (χ0v) is 12.0. The highest BCUT2D eigenvalue weighted by Crippen LogP contribution is 2.28. The summed E-state index contributed by atoms with van der Waals surface area (Å²) in [6, 6.07) is 0.241. The van der Waals surface area contributed by atoms with Crippen LogP contribution in [0, 0.1) is 11.8 Å². The number of carbonyl (C=O) groups excluding carboxylic acids is 1. The molecule has 1 heterocycles. The minimum Gasteiger partial charge on any atom is -0.381 e. The third kappa shape index (κ3) is 3.84. The molecule has 0 spiro atoms. The lowest BCUT2D eigenvalue weighted by Crippen LogP contribution is -2.34. The zero-order chi connectivity index (χ0) is 12.3. The third-order valence-corrected chi connectivity index (χ3v) is 3.98. The maximum Gasteiger partial charge on any atom is 0.225 e. The van der Waals surface area contributed by atoms with Crippen LogP contribution < -0.4 is 5.73 Å². The van der Waals surface area contributed by atoms with Gasteiger partial charge in [-0.3, -0.25) is 4.79 Å². The van der Waals surface area contributed by atoms with Crippen molar-refractivity contribution in [2.24, 2.45) is 17.6 Å². The van der Waals surface area contributed by atoms with E-state index in [1.54, 1.807) is 0 Å². The molecule has 1 aliphatic carbocycles. The van der Waals surface area contributed by atoms with Crippen LogP contribution in [-0.4, -0.2) is 43.2 Å². The first-order valence-electron chi connectivity index (χ1n) is 6.82. The average Bonchev–Trinajstić information content (AvgIpc) is 2.94. The van der Waals surface area contributed by atoms with Crippen molar-refractivity contribution in [3.8, 4) is 0 Å². The van der Waals surface area contributed by atoms with Gasteiger partial charge in [0.25, 0.3) is 0 Å². The molecule has 1 saturated heterocycles. The van der Waals surface area contributed by atoms with Crippen molar-refractivity contribution in [3.05, 3.63) is 0 Å². The Balaban J connectivity index is 0.00000162. The molecule has 0 aromatic rings. The quantitative estimate of drug-likeness (QED) is 0.845. The minimum absolute atomic E-state index is 0. The van der Waals surface area contributed by atoms with Gasteiger partial charge in [0.2, 0.25) is 5.91 Å². The Bertz CT molecular complexity index is 276. The second-order valence-corrected chi connectivity index (χ2v) is 5.37. The van der Waals surface area contributed by atoms with Crippen LogP contribution in [0.15, 0.2) is 0 Å². The van der Waals surface area contributed by atoms with E-state index in [0.29, 0.717) is 11.8 Å². The van der Waals surface area contributed by atoms with Crippen LogP contribution in [0.1, 0.15) is 32.6 Å². The number of amides is 1.